The summed E-state index contributed by atoms with van der Waals surface area (Å²) in [4.78, 5) is 4.54. The average molecular weight is 178 g/mol. The van der Waals surface area contributed by atoms with Crippen LogP contribution in [0.15, 0.2) is 4.99 Å². The van der Waals surface area contributed by atoms with E-state index in [2.05, 4.69) is 34.8 Å². The third-order valence-electron chi connectivity index (χ3n) is 0.664. The van der Waals surface area contributed by atoms with Crippen molar-refractivity contribution in [3.63, 3.8) is 0 Å². The number of aliphatic imine (C=N–C) groups is 1. The highest BCUT2D eigenvalue weighted by Crippen LogP contribution is 1.91. The maximum atomic E-state index is 4.12. The normalized spacial score (nSPS) is 14.9. The Bertz CT molecular complexity index is 68.9. The van der Waals surface area contributed by atoms with Gasteiger partial charge in [0.05, 0.1) is 0 Å². The van der Waals surface area contributed by atoms with Crippen LogP contribution in [0.1, 0.15) is 20.3 Å². The summed E-state index contributed by atoms with van der Waals surface area (Å²) in [6, 6.07) is 0. The van der Waals surface area contributed by atoms with Crippen LogP contribution >= 0.6 is 15.9 Å². The predicted molar refractivity (Wildman–Crippen MR) is 42.0 cm³/mol. The topological polar surface area (TPSA) is 12.4 Å². The predicted octanol–water partition coefficient (Wildman–Crippen LogP) is 2.25. The van der Waals surface area contributed by atoms with Gasteiger partial charge in [0.1, 0.15) is 0 Å². The molecule has 0 aliphatic heterocycles. The molecule has 0 spiro atoms. The molecule has 0 radical (unpaired) electrons. The van der Waals surface area contributed by atoms with E-state index in [0.717, 1.165) is 13.0 Å². The lowest BCUT2D eigenvalue weighted by Crippen LogP contribution is -1.90. The van der Waals surface area contributed by atoms with Gasteiger partial charge in [-0.25, -0.2) is 0 Å². The van der Waals surface area contributed by atoms with Crippen LogP contribution in [0.5, 0.6) is 0 Å². The Kier molecular flexibility index (Phi) is 5.39. The number of hydrogen-bond donors (Lipinski definition) is 0. The van der Waals surface area contributed by atoms with Crippen LogP contribution in [-0.2, 0) is 0 Å². The fraction of sp³-hybridized carbons (Fsp3) is 0.833. The van der Waals surface area contributed by atoms with E-state index in [-0.39, 0.29) is 0 Å². The number of nitrogens with zero attached hydrogens (tertiary/aromatic N) is 1. The van der Waals surface area contributed by atoms with Gasteiger partial charge in [0.2, 0.25) is 0 Å². The van der Waals surface area contributed by atoms with Crippen LogP contribution in [0.3, 0.4) is 0 Å². The van der Waals surface area contributed by atoms with Crippen LogP contribution in [0, 0.1) is 0 Å². The van der Waals surface area contributed by atoms with Crippen molar-refractivity contribution in [1.82, 2.24) is 0 Å². The summed E-state index contributed by atoms with van der Waals surface area (Å²) in [5, 5.41) is 0. The molecule has 0 bridgehead atoms. The first kappa shape index (κ1) is 8.15. The van der Waals surface area contributed by atoms with Gasteiger partial charge < -0.3 is 0 Å². The molecule has 0 aromatic carbocycles. The Morgan fingerprint density at radius 2 is 2.38 bits per heavy atom. The van der Waals surface area contributed by atoms with Gasteiger partial charge in [-0.05, 0) is 13.3 Å². The Hall–Kier alpha value is 0.150. The van der Waals surface area contributed by atoms with Gasteiger partial charge in [0.25, 0.3) is 0 Å². The molecular formula is C6H12BrN. The van der Waals surface area contributed by atoms with Crippen LogP contribution in [0.2, 0.25) is 0 Å². The molecule has 0 amide bonds. The summed E-state index contributed by atoms with van der Waals surface area (Å²) in [5.74, 6) is 0. The minimum atomic E-state index is 0.425. The van der Waals surface area contributed by atoms with Gasteiger partial charge in [0, 0.05) is 17.6 Å². The van der Waals surface area contributed by atoms with Gasteiger partial charge in [0.15, 0.2) is 0 Å². The molecule has 0 heterocycles. The monoisotopic (exact) mass is 177 g/mol. The zero-order valence-corrected chi connectivity index (χ0v) is 6.98. The maximum Gasteiger partial charge on any atom is 0.0466 e. The van der Waals surface area contributed by atoms with E-state index in [4.69, 9.17) is 0 Å². The number of alkyl halides is 1. The molecule has 0 rings (SSSR count). The van der Waals surface area contributed by atoms with E-state index in [1.165, 1.54) is 0 Å². The fourth-order valence-corrected chi connectivity index (χ4v) is 0.516. The molecular weight excluding hydrogens is 166 g/mol. The Labute approximate surface area is 59.3 Å². The molecule has 48 valence electrons. The van der Waals surface area contributed by atoms with Crippen molar-refractivity contribution < 1.29 is 0 Å². The maximum absolute atomic E-state index is 4.12. The zero-order valence-electron chi connectivity index (χ0n) is 5.39. The lowest BCUT2D eigenvalue weighted by atomic mass is 10.5. The SMILES string of the molecule is CCCN=CC(C)Br. The summed E-state index contributed by atoms with van der Waals surface area (Å²) in [7, 11) is 0. The molecule has 8 heavy (non-hydrogen) atoms. The van der Waals surface area contributed by atoms with Crippen molar-refractivity contribution in [2.75, 3.05) is 6.54 Å². The van der Waals surface area contributed by atoms with Gasteiger partial charge >= 0.3 is 0 Å². The molecule has 1 unspecified atom stereocenters. The number of hydrogen-bond acceptors (Lipinski definition) is 1. The van der Waals surface area contributed by atoms with Crippen LogP contribution < -0.4 is 0 Å². The third-order valence-corrected chi connectivity index (χ3v) is 0.900. The Balaban J connectivity index is 3.07. The summed E-state index contributed by atoms with van der Waals surface area (Å²) in [5.41, 5.74) is 0. The summed E-state index contributed by atoms with van der Waals surface area (Å²) in [6.07, 6.45) is 3.06. The first-order chi connectivity index (χ1) is 3.77. The van der Waals surface area contributed by atoms with E-state index < -0.39 is 0 Å². The van der Waals surface area contributed by atoms with E-state index in [1.807, 2.05) is 6.21 Å². The largest absolute Gasteiger partial charge is 0.296 e. The fourth-order valence-electron chi connectivity index (χ4n) is 0.349. The lowest BCUT2D eigenvalue weighted by molar-refractivity contribution is 0.933. The molecule has 1 nitrogen and oxygen atoms in total. The van der Waals surface area contributed by atoms with Gasteiger partial charge in [-0.2, -0.15) is 0 Å². The number of halogens is 1. The summed E-state index contributed by atoms with van der Waals surface area (Å²) < 4.78 is 0. The molecule has 0 aliphatic rings. The van der Waals surface area contributed by atoms with Gasteiger partial charge in [-0.3, -0.25) is 4.99 Å². The Morgan fingerprint density at radius 3 is 2.75 bits per heavy atom. The summed E-state index contributed by atoms with van der Waals surface area (Å²) in [6.45, 7) is 5.13. The van der Waals surface area contributed by atoms with Crippen molar-refractivity contribution in [2.24, 2.45) is 4.99 Å². The van der Waals surface area contributed by atoms with Gasteiger partial charge in [-0.15, -0.1) is 0 Å². The molecule has 0 fully saturated rings. The molecule has 0 aromatic heterocycles. The molecule has 0 aliphatic carbocycles. The zero-order chi connectivity index (χ0) is 6.41. The molecule has 0 saturated heterocycles. The van der Waals surface area contributed by atoms with E-state index in [9.17, 15) is 0 Å². The average Bonchev–Trinajstić information content (AvgIpc) is 1.66. The lowest BCUT2D eigenvalue weighted by Gasteiger charge is -1.88. The second-order valence-electron chi connectivity index (χ2n) is 1.73. The van der Waals surface area contributed by atoms with Crippen molar-refractivity contribution in [3.05, 3.63) is 0 Å². The Morgan fingerprint density at radius 1 is 1.75 bits per heavy atom. The van der Waals surface area contributed by atoms with Crippen LogP contribution in [-0.4, -0.2) is 17.6 Å². The standard InChI is InChI=1S/C6H12BrN/c1-3-4-8-5-6(2)7/h5-6H,3-4H2,1-2H3. The smallest absolute Gasteiger partial charge is 0.0466 e. The van der Waals surface area contributed by atoms with Crippen LogP contribution in [0.25, 0.3) is 0 Å². The summed E-state index contributed by atoms with van der Waals surface area (Å²) >= 11 is 3.36. The first-order valence-electron chi connectivity index (χ1n) is 2.91. The van der Waals surface area contributed by atoms with Crippen molar-refractivity contribution in [3.8, 4) is 0 Å². The minimum absolute atomic E-state index is 0.425. The molecule has 0 aromatic rings. The second kappa shape index (κ2) is 5.29. The highest BCUT2D eigenvalue weighted by Gasteiger charge is 1.83. The van der Waals surface area contributed by atoms with Crippen molar-refractivity contribution >= 4 is 22.1 Å². The molecule has 0 N–H and O–H groups in total. The molecule has 1 atom stereocenters. The molecule has 2 heteroatoms. The van der Waals surface area contributed by atoms with E-state index >= 15 is 0 Å². The van der Waals surface area contributed by atoms with Crippen LogP contribution in [0.4, 0.5) is 0 Å². The van der Waals surface area contributed by atoms with E-state index in [0.29, 0.717) is 4.83 Å². The minimum Gasteiger partial charge on any atom is -0.296 e. The second-order valence-corrected chi connectivity index (χ2v) is 3.18. The van der Waals surface area contributed by atoms with E-state index in [1.54, 1.807) is 0 Å². The highest BCUT2D eigenvalue weighted by molar-refractivity contribution is 9.09. The highest BCUT2D eigenvalue weighted by atomic mass is 79.9. The molecule has 0 saturated carbocycles. The number of rotatable bonds is 3. The van der Waals surface area contributed by atoms with Crippen molar-refractivity contribution in [1.29, 1.82) is 0 Å². The first-order valence-corrected chi connectivity index (χ1v) is 3.83. The third kappa shape index (κ3) is 6.15. The quantitative estimate of drug-likeness (QED) is 0.464. The van der Waals surface area contributed by atoms with Gasteiger partial charge in [-0.1, -0.05) is 22.9 Å². The van der Waals surface area contributed by atoms with Crippen molar-refractivity contribution in [2.45, 2.75) is 25.1 Å².